The second-order valence-corrected chi connectivity index (χ2v) is 9.83. The maximum Gasteiger partial charge on any atom is 0.259 e. The van der Waals surface area contributed by atoms with E-state index in [4.69, 9.17) is 9.47 Å². The first-order chi connectivity index (χ1) is 20.0. The summed E-state index contributed by atoms with van der Waals surface area (Å²) >= 11 is 0. The molecule has 41 heavy (non-hydrogen) atoms. The van der Waals surface area contributed by atoms with Crippen molar-refractivity contribution >= 4 is 11.7 Å². The quantitative estimate of drug-likeness (QED) is 0.0754. The third kappa shape index (κ3) is 8.18. The van der Waals surface area contributed by atoms with Crippen LogP contribution in [0, 0.1) is 0 Å². The number of rotatable bonds is 15. The van der Waals surface area contributed by atoms with Gasteiger partial charge in [-0.2, -0.15) is 0 Å². The fourth-order valence-electron chi connectivity index (χ4n) is 4.83. The lowest BCUT2D eigenvalue weighted by molar-refractivity contribution is -0.142. The standard InChI is InChI=1S/C35H42N2O4/c1-6-23-37(35(40-5)32(28-19-13-9-14-20-28)29-21-15-10-16-22-29)34(39)31(26(3)7-2)33(38)30(24-36-4)41-25-27-17-11-8-12-18-27/h8-22,24,32,35-36H,6-7,23,25H2,1-5H3/b30-24+,31-26-. The van der Waals surface area contributed by atoms with Crippen molar-refractivity contribution in [3.05, 3.63) is 131 Å². The summed E-state index contributed by atoms with van der Waals surface area (Å²) in [4.78, 5) is 30.2. The number of methoxy groups -OCH3 is 1. The first-order valence-electron chi connectivity index (χ1n) is 14.2. The van der Waals surface area contributed by atoms with E-state index in [1.54, 1.807) is 19.1 Å². The van der Waals surface area contributed by atoms with Gasteiger partial charge in [0, 0.05) is 26.9 Å². The zero-order valence-corrected chi connectivity index (χ0v) is 24.8. The van der Waals surface area contributed by atoms with Crippen LogP contribution in [-0.2, 0) is 25.7 Å². The van der Waals surface area contributed by atoms with E-state index in [9.17, 15) is 9.59 Å². The lowest BCUT2D eigenvalue weighted by Gasteiger charge is -2.37. The number of ether oxygens (including phenoxy) is 2. The Morgan fingerprint density at radius 3 is 1.88 bits per heavy atom. The molecule has 0 saturated carbocycles. The van der Waals surface area contributed by atoms with Gasteiger partial charge in [0.15, 0.2) is 5.76 Å². The molecule has 0 aromatic heterocycles. The lowest BCUT2D eigenvalue weighted by Crippen LogP contribution is -2.47. The van der Waals surface area contributed by atoms with Gasteiger partial charge < -0.3 is 19.7 Å². The van der Waals surface area contributed by atoms with Gasteiger partial charge in [-0.05, 0) is 36.5 Å². The second-order valence-electron chi connectivity index (χ2n) is 9.83. The van der Waals surface area contributed by atoms with Gasteiger partial charge in [0.2, 0.25) is 5.78 Å². The van der Waals surface area contributed by atoms with Crippen LogP contribution < -0.4 is 5.32 Å². The minimum Gasteiger partial charge on any atom is -0.483 e. The summed E-state index contributed by atoms with van der Waals surface area (Å²) in [5.41, 5.74) is 3.76. The summed E-state index contributed by atoms with van der Waals surface area (Å²) in [6.07, 6.45) is 2.09. The SMILES string of the molecule is CCCN(C(=O)/C(C(=O)/C(=C\NC)OCc1ccccc1)=C(/C)CC)C(OC)C(c1ccccc1)c1ccccc1. The molecule has 0 fully saturated rings. The highest BCUT2D eigenvalue weighted by Crippen LogP contribution is 2.33. The van der Waals surface area contributed by atoms with Crippen LogP contribution in [0.4, 0.5) is 0 Å². The highest BCUT2D eigenvalue weighted by atomic mass is 16.5. The van der Waals surface area contributed by atoms with E-state index in [0.29, 0.717) is 25.0 Å². The van der Waals surface area contributed by atoms with E-state index in [0.717, 1.165) is 16.7 Å². The molecule has 0 aliphatic carbocycles. The second kappa shape index (κ2) is 16.2. The van der Waals surface area contributed by atoms with Gasteiger partial charge in [-0.25, -0.2) is 0 Å². The van der Waals surface area contributed by atoms with E-state index in [1.165, 1.54) is 6.20 Å². The summed E-state index contributed by atoms with van der Waals surface area (Å²) in [6.45, 7) is 6.40. The molecule has 0 heterocycles. The first-order valence-corrected chi connectivity index (χ1v) is 14.2. The highest BCUT2D eigenvalue weighted by Gasteiger charge is 2.37. The Morgan fingerprint density at radius 2 is 1.41 bits per heavy atom. The number of allylic oxidation sites excluding steroid dienone is 2. The smallest absolute Gasteiger partial charge is 0.259 e. The predicted molar refractivity (Wildman–Crippen MR) is 164 cm³/mol. The topological polar surface area (TPSA) is 67.9 Å². The maximum absolute atomic E-state index is 14.5. The van der Waals surface area contributed by atoms with Crippen LogP contribution in [0.1, 0.15) is 56.2 Å². The third-order valence-electron chi connectivity index (χ3n) is 7.01. The Labute approximate surface area is 244 Å². The molecule has 0 aliphatic heterocycles. The van der Waals surface area contributed by atoms with Crippen molar-refractivity contribution in [3.63, 3.8) is 0 Å². The Kier molecular flexibility index (Phi) is 12.4. The van der Waals surface area contributed by atoms with Gasteiger partial charge in [-0.1, -0.05) is 110 Å². The van der Waals surface area contributed by atoms with E-state index in [2.05, 4.69) is 5.32 Å². The monoisotopic (exact) mass is 554 g/mol. The van der Waals surface area contributed by atoms with Crippen molar-refractivity contribution in [1.29, 1.82) is 0 Å². The van der Waals surface area contributed by atoms with E-state index in [-0.39, 0.29) is 29.8 Å². The molecule has 3 aromatic rings. The fraction of sp³-hybridized carbons (Fsp3) is 0.314. The third-order valence-corrected chi connectivity index (χ3v) is 7.01. The number of nitrogens with zero attached hydrogens (tertiary/aromatic N) is 1. The number of Topliss-reactive ketones (excluding diaryl/α,β-unsaturated/α-hetero) is 1. The summed E-state index contributed by atoms with van der Waals surface area (Å²) in [6, 6.07) is 29.7. The summed E-state index contributed by atoms with van der Waals surface area (Å²) in [5, 5.41) is 2.91. The number of benzene rings is 3. The molecule has 1 unspecified atom stereocenters. The number of ketones is 1. The number of hydrogen-bond donors (Lipinski definition) is 1. The van der Waals surface area contributed by atoms with E-state index >= 15 is 0 Å². The average molecular weight is 555 g/mol. The van der Waals surface area contributed by atoms with Crippen LogP contribution in [0.3, 0.4) is 0 Å². The summed E-state index contributed by atoms with van der Waals surface area (Å²) < 4.78 is 12.1. The summed E-state index contributed by atoms with van der Waals surface area (Å²) in [5.74, 6) is -1.00. The molecule has 0 bridgehead atoms. The molecule has 0 spiro atoms. The minimum absolute atomic E-state index is 0.0839. The molecule has 1 amide bonds. The fourth-order valence-corrected chi connectivity index (χ4v) is 4.83. The first kappa shape index (κ1) is 31.4. The van der Waals surface area contributed by atoms with Crippen molar-refractivity contribution < 1.29 is 19.1 Å². The van der Waals surface area contributed by atoms with Gasteiger partial charge in [0.05, 0.1) is 11.5 Å². The molecule has 216 valence electrons. The molecule has 0 saturated heterocycles. The Bertz CT molecular complexity index is 1260. The van der Waals surface area contributed by atoms with Gasteiger partial charge in [-0.15, -0.1) is 0 Å². The van der Waals surface area contributed by atoms with Crippen LogP contribution >= 0.6 is 0 Å². The zero-order chi connectivity index (χ0) is 29.6. The van der Waals surface area contributed by atoms with Crippen LogP contribution in [0.15, 0.2) is 114 Å². The number of nitrogens with one attached hydrogen (secondary N) is 1. The van der Waals surface area contributed by atoms with E-state index < -0.39 is 12.0 Å². The minimum atomic E-state index is -0.651. The number of amides is 1. The van der Waals surface area contributed by atoms with Gasteiger partial charge >= 0.3 is 0 Å². The Morgan fingerprint density at radius 1 is 0.878 bits per heavy atom. The van der Waals surface area contributed by atoms with Gasteiger partial charge in [0.1, 0.15) is 12.8 Å². The van der Waals surface area contributed by atoms with Crippen LogP contribution in [-0.4, -0.2) is 43.5 Å². The van der Waals surface area contributed by atoms with Crippen molar-refractivity contribution in [2.45, 2.75) is 52.4 Å². The number of hydrogen-bond acceptors (Lipinski definition) is 5. The zero-order valence-electron chi connectivity index (χ0n) is 24.8. The molecule has 6 nitrogen and oxygen atoms in total. The predicted octanol–water partition coefficient (Wildman–Crippen LogP) is 6.60. The lowest BCUT2D eigenvalue weighted by atomic mass is 9.88. The molecule has 3 aromatic carbocycles. The molecule has 1 atom stereocenters. The molecule has 0 aliphatic rings. The molecular weight excluding hydrogens is 512 g/mol. The van der Waals surface area contributed by atoms with Crippen molar-refractivity contribution in [3.8, 4) is 0 Å². The number of carbonyl (C=O) groups excluding carboxylic acids is 2. The van der Waals surface area contributed by atoms with Crippen molar-refractivity contribution in [1.82, 2.24) is 10.2 Å². The Balaban J connectivity index is 2.05. The molecule has 3 rings (SSSR count). The molecule has 0 radical (unpaired) electrons. The maximum atomic E-state index is 14.5. The van der Waals surface area contributed by atoms with Crippen LogP contribution in [0.5, 0.6) is 0 Å². The molecule has 1 N–H and O–H groups in total. The van der Waals surface area contributed by atoms with Crippen LogP contribution in [0.25, 0.3) is 0 Å². The van der Waals surface area contributed by atoms with E-state index in [1.807, 2.05) is 112 Å². The summed E-state index contributed by atoms with van der Waals surface area (Å²) in [7, 11) is 3.32. The van der Waals surface area contributed by atoms with Gasteiger partial charge in [-0.3, -0.25) is 9.59 Å². The van der Waals surface area contributed by atoms with Gasteiger partial charge in [0.25, 0.3) is 5.91 Å². The van der Waals surface area contributed by atoms with Crippen molar-refractivity contribution in [2.24, 2.45) is 0 Å². The molecule has 6 heteroatoms. The largest absolute Gasteiger partial charge is 0.483 e. The van der Waals surface area contributed by atoms with Crippen LogP contribution in [0.2, 0.25) is 0 Å². The van der Waals surface area contributed by atoms with Crippen molar-refractivity contribution in [2.75, 3.05) is 20.7 Å². The Hall–Kier alpha value is -4.16. The highest BCUT2D eigenvalue weighted by molar-refractivity contribution is 6.25. The average Bonchev–Trinajstić information content (AvgIpc) is 3.02. The normalized spacial score (nSPS) is 12.9. The number of carbonyl (C=O) groups is 2. The molecular formula is C35H42N2O4.